The van der Waals surface area contributed by atoms with Crippen LogP contribution in [0.2, 0.25) is 0 Å². The van der Waals surface area contributed by atoms with Crippen molar-refractivity contribution < 1.29 is 13.9 Å². The predicted octanol–water partition coefficient (Wildman–Crippen LogP) is 2.54. The van der Waals surface area contributed by atoms with Crippen LogP contribution in [0.1, 0.15) is 5.56 Å². The molecule has 10 heteroatoms. The molecule has 0 unspecified atom stereocenters. The Bertz CT molecular complexity index is 1030. The Kier molecular flexibility index (Phi) is 5.99. The third kappa shape index (κ3) is 4.34. The molecule has 2 aromatic carbocycles. The highest BCUT2D eigenvalue weighted by Crippen LogP contribution is 2.30. The van der Waals surface area contributed by atoms with Crippen LogP contribution in [0.25, 0.3) is 0 Å². The molecule has 0 atom stereocenters. The number of halogens is 1. The Morgan fingerprint density at radius 1 is 1.11 bits per heavy atom. The van der Waals surface area contributed by atoms with Gasteiger partial charge in [-0.2, -0.15) is 4.68 Å². The van der Waals surface area contributed by atoms with Crippen LogP contribution >= 0.6 is 11.8 Å². The number of hydrogen-bond acceptors (Lipinski definition) is 8. The number of nitrogens with one attached hydrogen (secondary N) is 1. The summed E-state index contributed by atoms with van der Waals surface area (Å²) in [5, 5.41) is 10.9. The maximum atomic E-state index is 13.0. The van der Waals surface area contributed by atoms with Gasteiger partial charge < -0.3 is 20.6 Å². The van der Waals surface area contributed by atoms with Crippen molar-refractivity contribution in [2.24, 2.45) is 0 Å². The van der Waals surface area contributed by atoms with Crippen molar-refractivity contribution in [2.75, 3.05) is 25.4 Å². The number of methoxy groups -OCH3 is 2. The van der Waals surface area contributed by atoms with Crippen LogP contribution in [-0.4, -0.2) is 29.1 Å². The summed E-state index contributed by atoms with van der Waals surface area (Å²) in [5.74, 6) is 7.16. The Morgan fingerprint density at radius 3 is 2.50 bits per heavy atom. The fourth-order valence-corrected chi connectivity index (χ4v) is 3.15. The summed E-state index contributed by atoms with van der Waals surface area (Å²) in [6, 6.07) is 11.0. The summed E-state index contributed by atoms with van der Waals surface area (Å²) >= 11 is 1.25. The monoisotopic (exact) mass is 403 g/mol. The van der Waals surface area contributed by atoms with Gasteiger partial charge in [-0.05, 0) is 42.0 Å². The van der Waals surface area contributed by atoms with Crippen LogP contribution in [0.3, 0.4) is 0 Å². The highest BCUT2D eigenvalue weighted by atomic mass is 32.2. The van der Waals surface area contributed by atoms with E-state index in [9.17, 15) is 9.18 Å². The zero-order valence-electron chi connectivity index (χ0n) is 15.2. The second-order valence-electron chi connectivity index (χ2n) is 5.62. The lowest BCUT2D eigenvalue weighted by Gasteiger charge is -2.11. The summed E-state index contributed by atoms with van der Waals surface area (Å²) < 4.78 is 24.4. The number of rotatable bonds is 7. The van der Waals surface area contributed by atoms with Gasteiger partial charge in [0.25, 0.3) is 0 Å². The first-order chi connectivity index (χ1) is 13.5. The van der Waals surface area contributed by atoms with Gasteiger partial charge in [-0.15, -0.1) is 10.2 Å². The molecule has 146 valence electrons. The SMILES string of the molecule is COc1ccc(CSc2nnc(Nc3ccc(F)cc3)c(=O)n2N)cc1OC. The summed E-state index contributed by atoms with van der Waals surface area (Å²) in [6.07, 6.45) is 0. The van der Waals surface area contributed by atoms with Gasteiger partial charge in [-0.1, -0.05) is 17.8 Å². The van der Waals surface area contributed by atoms with Gasteiger partial charge in [0.05, 0.1) is 14.2 Å². The number of hydrogen-bond donors (Lipinski definition) is 2. The Balaban J connectivity index is 1.74. The second-order valence-corrected chi connectivity index (χ2v) is 6.56. The van der Waals surface area contributed by atoms with Crippen LogP contribution in [0.4, 0.5) is 15.9 Å². The molecule has 0 radical (unpaired) electrons. The molecule has 0 amide bonds. The van der Waals surface area contributed by atoms with E-state index in [1.54, 1.807) is 20.3 Å². The van der Waals surface area contributed by atoms with E-state index in [1.165, 1.54) is 36.0 Å². The summed E-state index contributed by atoms with van der Waals surface area (Å²) in [7, 11) is 3.13. The number of ether oxygens (including phenoxy) is 2. The average Bonchev–Trinajstić information content (AvgIpc) is 2.72. The molecule has 0 aliphatic rings. The van der Waals surface area contributed by atoms with Crippen molar-refractivity contribution in [3.05, 3.63) is 64.2 Å². The van der Waals surface area contributed by atoms with Crippen LogP contribution in [0, 0.1) is 5.82 Å². The molecule has 0 bridgehead atoms. The highest BCUT2D eigenvalue weighted by molar-refractivity contribution is 7.98. The molecule has 28 heavy (non-hydrogen) atoms. The van der Waals surface area contributed by atoms with Crippen molar-refractivity contribution in [2.45, 2.75) is 10.9 Å². The number of anilines is 2. The minimum Gasteiger partial charge on any atom is -0.493 e. The average molecular weight is 403 g/mol. The first kappa shape index (κ1) is 19.5. The van der Waals surface area contributed by atoms with Crippen LogP contribution in [0.15, 0.2) is 52.4 Å². The second kappa shape index (κ2) is 8.61. The summed E-state index contributed by atoms with van der Waals surface area (Å²) in [4.78, 5) is 12.4. The minimum absolute atomic E-state index is 0.0513. The molecular formula is C18H18FN5O3S. The maximum absolute atomic E-state index is 13.0. The Morgan fingerprint density at radius 2 is 1.82 bits per heavy atom. The summed E-state index contributed by atoms with van der Waals surface area (Å²) in [6.45, 7) is 0. The number of thioether (sulfide) groups is 1. The fourth-order valence-electron chi connectivity index (χ4n) is 2.35. The van der Waals surface area contributed by atoms with Gasteiger partial charge in [-0.3, -0.25) is 4.79 Å². The molecule has 0 spiro atoms. The molecule has 0 aliphatic heterocycles. The molecule has 3 rings (SSSR count). The van der Waals surface area contributed by atoms with E-state index in [0.717, 1.165) is 10.2 Å². The van der Waals surface area contributed by atoms with Crippen LogP contribution in [0.5, 0.6) is 11.5 Å². The van der Waals surface area contributed by atoms with Crippen LogP contribution in [-0.2, 0) is 5.75 Å². The lowest BCUT2D eigenvalue weighted by atomic mass is 10.2. The van der Waals surface area contributed by atoms with E-state index in [1.807, 2.05) is 12.1 Å². The standard InChI is InChI=1S/C18H18FN5O3S/c1-26-14-8-3-11(9-15(14)27-2)10-28-18-23-22-16(17(25)24(18)20)21-13-6-4-12(19)5-7-13/h3-9H,10,20H2,1-2H3,(H,21,22). The van der Waals surface area contributed by atoms with Crippen molar-refractivity contribution in [3.8, 4) is 11.5 Å². The third-order valence-electron chi connectivity index (χ3n) is 3.79. The van der Waals surface area contributed by atoms with Crippen molar-refractivity contribution in [3.63, 3.8) is 0 Å². The van der Waals surface area contributed by atoms with E-state index in [-0.39, 0.29) is 16.8 Å². The molecule has 0 fully saturated rings. The zero-order chi connectivity index (χ0) is 20.1. The largest absolute Gasteiger partial charge is 0.493 e. The van der Waals surface area contributed by atoms with E-state index in [0.29, 0.717) is 22.9 Å². The number of nitrogens with two attached hydrogens (primary N) is 1. The smallest absolute Gasteiger partial charge is 0.315 e. The first-order valence-corrected chi connectivity index (χ1v) is 9.11. The minimum atomic E-state index is -0.547. The van der Waals surface area contributed by atoms with Gasteiger partial charge in [-0.25, -0.2) is 4.39 Å². The fraction of sp³-hybridized carbons (Fsp3) is 0.167. The molecule has 8 nitrogen and oxygen atoms in total. The van der Waals surface area contributed by atoms with Gasteiger partial charge >= 0.3 is 5.56 Å². The molecule has 0 saturated heterocycles. The van der Waals surface area contributed by atoms with Gasteiger partial charge in [0.15, 0.2) is 11.5 Å². The molecule has 1 heterocycles. The van der Waals surface area contributed by atoms with E-state index in [4.69, 9.17) is 15.3 Å². The number of benzene rings is 2. The lowest BCUT2D eigenvalue weighted by Crippen LogP contribution is -2.32. The number of nitrogens with zero attached hydrogens (tertiary/aromatic N) is 3. The number of nitrogen functional groups attached to an aromatic ring is 1. The maximum Gasteiger partial charge on any atom is 0.315 e. The van der Waals surface area contributed by atoms with E-state index in [2.05, 4.69) is 15.5 Å². The van der Waals surface area contributed by atoms with Gasteiger partial charge in [0.1, 0.15) is 5.82 Å². The van der Waals surface area contributed by atoms with Crippen molar-refractivity contribution in [1.29, 1.82) is 0 Å². The quantitative estimate of drug-likeness (QED) is 0.458. The molecule has 1 aromatic heterocycles. The molecule has 0 aliphatic carbocycles. The zero-order valence-corrected chi connectivity index (χ0v) is 16.0. The first-order valence-electron chi connectivity index (χ1n) is 8.13. The number of aromatic nitrogens is 3. The van der Waals surface area contributed by atoms with E-state index >= 15 is 0 Å². The lowest BCUT2D eigenvalue weighted by molar-refractivity contribution is 0.354. The molecular weight excluding hydrogens is 385 g/mol. The van der Waals surface area contributed by atoms with Gasteiger partial charge in [0.2, 0.25) is 11.0 Å². The van der Waals surface area contributed by atoms with Crippen molar-refractivity contribution >= 4 is 23.3 Å². The van der Waals surface area contributed by atoms with E-state index < -0.39 is 5.56 Å². The molecule has 0 saturated carbocycles. The van der Waals surface area contributed by atoms with Crippen molar-refractivity contribution in [1.82, 2.24) is 14.9 Å². The Labute approximate surface area is 164 Å². The molecule has 3 aromatic rings. The Hall–Kier alpha value is -3.27. The van der Waals surface area contributed by atoms with Gasteiger partial charge in [0, 0.05) is 11.4 Å². The highest BCUT2D eigenvalue weighted by Gasteiger charge is 2.12. The van der Waals surface area contributed by atoms with Crippen LogP contribution < -0.4 is 26.2 Å². The normalized spacial score (nSPS) is 10.5. The molecule has 3 N–H and O–H groups in total. The summed E-state index contributed by atoms with van der Waals surface area (Å²) in [5.41, 5.74) is 0.887. The predicted molar refractivity (Wildman–Crippen MR) is 105 cm³/mol. The topological polar surface area (TPSA) is 104 Å². The third-order valence-corrected chi connectivity index (χ3v) is 4.80.